The Morgan fingerprint density at radius 2 is 2.06 bits per heavy atom. The van der Waals surface area contributed by atoms with Crippen LogP contribution in [0.5, 0.6) is 0 Å². The van der Waals surface area contributed by atoms with E-state index in [0.29, 0.717) is 24.0 Å². The summed E-state index contributed by atoms with van der Waals surface area (Å²) in [7, 11) is 0. The van der Waals surface area contributed by atoms with Crippen LogP contribution in [0.1, 0.15) is 5.56 Å². The van der Waals surface area contributed by atoms with Crippen LogP contribution >= 0.6 is 11.6 Å². The molecule has 0 aliphatic carbocycles. The maximum atomic E-state index is 14.5. The molecule has 7 nitrogen and oxygen atoms in total. The number of allylic oxidation sites excluding steroid dienone is 2. The summed E-state index contributed by atoms with van der Waals surface area (Å²) in [4.78, 5) is 6.89. The van der Waals surface area contributed by atoms with Gasteiger partial charge in [0.1, 0.15) is 12.0 Å². The highest BCUT2D eigenvalue weighted by Gasteiger charge is 2.30. The SMILES string of the molecule is FC1=C(NCC2CN(Cc3ccccc3)CCO2)N=C(C2=CNC3NC=C(Cl)C=C23)NC1. The quantitative estimate of drug-likeness (QED) is 0.525. The minimum atomic E-state index is -0.317. The van der Waals surface area contributed by atoms with Gasteiger partial charge in [-0.3, -0.25) is 4.90 Å². The van der Waals surface area contributed by atoms with E-state index in [1.165, 1.54) is 5.56 Å². The molecule has 4 aliphatic heterocycles. The minimum Gasteiger partial charge on any atom is -0.374 e. The molecule has 1 fully saturated rings. The van der Waals surface area contributed by atoms with Gasteiger partial charge in [-0.25, -0.2) is 9.38 Å². The zero-order valence-electron chi connectivity index (χ0n) is 17.6. The fraction of sp³-hybridized carbons (Fsp3) is 0.348. The predicted octanol–water partition coefficient (Wildman–Crippen LogP) is 2.04. The molecule has 0 bridgehead atoms. The third-order valence-electron chi connectivity index (χ3n) is 5.81. The molecule has 1 aromatic carbocycles. The number of dihydropyridines is 1. The molecule has 5 rings (SSSR count). The topological polar surface area (TPSA) is 73.0 Å². The van der Waals surface area contributed by atoms with E-state index >= 15 is 0 Å². The van der Waals surface area contributed by atoms with E-state index in [0.717, 1.165) is 30.8 Å². The van der Waals surface area contributed by atoms with Crippen molar-refractivity contribution in [3.63, 3.8) is 0 Å². The number of hydrogen-bond donors (Lipinski definition) is 4. The number of halogens is 2. The van der Waals surface area contributed by atoms with Gasteiger partial charge in [0.05, 0.1) is 24.3 Å². The first-order chi connectivity index (χ1) is 15.7. The lowest BCUT2D eigenvalue weighted by atomic mass is 10.0. The monoisotopic (exact) mass is 456 g/mol. The second kappa shape index (κ2) is 9.36. The standard InChI is InChI=1S/C23H26ClFN6O/c24-16-8-18-19(11-28-21(18)26-9-16)22-29-12-20(25)23(30-22)27-10-17-14-31(6-7-32-17)13-15-4-2-1-3-5-15/h1-5,8-9,11,17,21,26-28H,6-7,10,12-14H2,(H,29,30). The number of nitrogens with one attached hydrogen (secondary N) is 4. The molecule has 0 aromatic heterocycles. The van der Waals surface area contributed by atoms with Crippen molar-refractivity contribution >= 4 is 17.4 Å². The molecule has 1 aromatic rings. The van der Waals surface area contributed by atoms with Gasteiger partial charge in [-0.05, 0) is 11.6 Å². The first-order valence-electron chi connectivity index (χ1n) is 10.8. The van der Waals surface area contributed by atoms with E-state index in [1.807, 2.05) is 18.3 Å². The van der Waals surface area contributed by atoms with Gasteiger partial charge in [0, 0.05) is 49.7 Å². The van der Waals surface area contributed by atoms with Crippen LogP contribution in [0.3, 0.4) is 0 Å². The molecule has 32 heavy (non-hydrogen) atoms. The third kappa shape index (κ3) is 4.67. The Hall–Kier alpha value is -2.81. The van der Waals surface area contributed by atoms with Gasteiger partial charge >= 0.3 is 0 Å². The first kappa shape index (κ1) is 21.1. The number of nitrogens with zero attached hydrogens (tertiary/aromatic N) is 2. The smallest absolute Gasteiger partial charge is 0.162 e. The van der Waals surface area contributed by atoms with Crippen LogP contribution in [0.2, 0.25) is 0 Å². The largest absolute Gasteiger partial charge is 0.374 e. The summed E-state index contributed by atoms with van der Waals surface area (Å²) in [5.74, 6) is 0.541. The first-order valence-corrected chi connectivity index (χ1v) is 11.2. The second-order valence-electron chi connectivity index (χ2n) is 8.12. The molecular formula is C23H26ClFN6O. The Morgan fingerprint density at radius 3 is 2.94 bits per heavy atom. The lowest BCUT2D eigenvalue weighted by molar-refractivity contribution is -0.0290. The molecule has 2 unspecified atom stereocenters. The number of morpholine rings is 1. The maximum absolute atomic E-state index is 14.5. The van der Waals surface area contributed by atoms with E-state index in [9.17, 15) is 4.39 Å². The second-order valence-corrected chi connectivity index (χ2v) is 8.55. The molecule has 168 valence electrons. The van der Waals surface area contributed by atoms with Crippen molar-refractivity contribution in [3.05, 3.63) is 82.2 Å². The Bertz CT molecular complexity index is 1020. The van der Waals surface area contributed by atoms with Crippen LogP contribution < -0.4 is 21.3 Å². The number of rotatable bonds is 6. The van der Waals surface area contributed by atoms with Gasteiger partial charge in [0.25, 0.3) is 0 Å². The molecule has 4 heterocycles. The molecule has 2 atom stereocenters. The Kier molecular flexibility index (Phi) is 6.16. The summed E-state index contributed by atoms with van der Waals surface area (Å²) < 4.78 is 20.4. The Morgan fingerprint density at radius 1 is 1.22 bits per heavy atom. The van der Waals surface area contributed by atoms with Crippen molar-refractivity contribution in [1.29, 1.82) is 0 Å². The zero-order chi connectivity index (χ0) is 21.9. The number of ether oxygens (including phenoxy) is 1. The molecule has 0 spiro atoms. The molecule has 0 amide bonds. The van der Waals surface area contributed by atoms with Crippen molar-refractivity contribution < 1.29 is 9.13 Å². The number of amidine groups is 1. The lowest BCUT2D eigenvalue weighted by Crippen LogP contribution is -2.46. The fourth-order valence-electron chi connectivity index (χ4n) is 4.20. The summed E-state index contributed by atoms with van der Waals surface area (Å²) in [6, 6.07) is 10.4. The van der Waals surface area contributed by atoms with Gasteiger partial charge in [-0.2, -0.15) is 0 Å². The van der Waals surface area contributed by atoms with Crippen LogP contribution in [-0.4, -0.2) is 55.8 Å². The van der Waals surface area contributed by atoms with E-state index < -0.39 is 0 Å². The average molecular weight is 457 g/mol. The van der Waals surface area contributed by atoms with Gasteiger partial charge in [0.15, 0.2) is 11.6 Å². The molecule has 1 saturated heterocycles. The van der Waals surface area contributed by atoms with Gasteiger partial charge < -0.3 is 26.0 Å². The number of hydrogen-bond acceptors (Lipinski definition) is 7. The Labute approximate surface area is 191 Å². The normalized spacial score (nSPS) is 25.4. The van der Waals surface area contributed by atoms with Crippen LogP contribution in [0, 0.1) is 0 Å². The molecule has 4 aliphatic rings. The van der Waals surface area contributed by atoms with E-state index in [-0.39, 0.29) is 30.5 Å². The van der Waals surface area contributed by atoms with Gasteiger partial charge in [-0.15, -0.1) is 0 Å². The number of benzene rings is 1. The lowest BCUT2D eigenvalue weighted by Gasteiger charge is -2.33. The minimum absolute atomic E-state index is 0.0350. The van der Waals surface area contributed by atoms with E-state index in [4.69, 9.17) is 16.3 Å². The zero-order valence-corrected chi connectivity index (χ0v) is 18.3. The van der Waals surface area contributed by atoms with E-state index in [1.54, 1.807) is 6.20 Å². The van der Waals surface area contributed by atoms with Crippen molar-refractivity contribution in [1.82, 2.24) is 26.2 Å². The summed E-state index contributed by atoms with van der Waals surface area (Å²) >= 11 is 6.15. The molecule has 0 saturated carbocycles. The van der Waals surface area contributed by atoms with Crippen molar-refractivity contribution in [2.24, 2.45) is 4.99 Å². The Balaban J connectivity index is 1.21. The van der Waals surface area contributed by atoms with Crippen LogP contribution in [0.25, 0.3) is 0 Å². The van der Waals surface area contributed by atoms with E-state index in [2.05, 4.69) is 55.4 Å². The van der Waals surface area contributed by atoms with Gasteiger partial charge in [0.2, 0.25) is 0 Å². The van der Waals surface area contributed by atoms with Crippen molar-refractivity contribution in [2.45, 2.75) is 18.8 Å². The summed E-state index contributed by atoms with van der Waals surface area (Å²) in [6.07, 6.45) is 5.40. The third-order valence-corrected chi connectivity index (χ3v) is 6.03. The predicted molar refractivity (Wildman–Crippen MR) is 123 cm³/mol. The molecule has 0 radical (unpaired) electrons. The van der Waals surface area contributed by atoms with Crippen LogP contribution in [0.4, 0.5) is 4.39 Å². The highest BCUT2D eigenvalue weighted by molar-refractivity contribution is 6.31. The summed E-state index contributed by atoms with van der Waals surface area (Å²) in [5.41, 5.74) is 3.11. The highest BCUT2D eigenvalue weighted by atomic mass is 35.5. The summed E-state index contributed by atoms with van der Waals surface area (Å²) in [5, 5.41) is 13.3. The van der Waals surface area contributed by atoms with Crippen LogP contribution in [0.15, 0.2) is 81.6 Å². The van der Waals surface area contributed by atoms with Gasteiger partial charge in [-0.1, -0.05) is 41.9 Å². The summed E-state index contributed by atoms with van der Waals surface area (Å²) in [6.45, 7) is 3.78. The fourth-order valence-corrected chi connectivity index (χ4v) is 4.38. The maximum Gasteiger partial charge on any atom is 0.162 e. The highest BCUT2D eigenvalue weighted by Crippen LogP contribution is 2.27. The van der Waals surface area contributed by atoms with Crippen LogP contribution in [-0.2, 0) is 11.3 Å². The molecule has 9 heteroatoms. The molecule has 4 N–H and O–H groups in total. The van der Waals surface area contributed by atoms with Crippen molar-refractivity contribution in [2.75, 3.05) is 32.8 Å². The van der Waals surface area contributed by atoms with Crippen molar-refractivity contribution in [3.8, 4) is 0 Å². The molecular weight excluding hydrogens is 431 g/mol. The number of aliphatic imine (C=N–C) groups is 1. The number of fused-ring (bicyclic) bond motifs is 1. The average Bonchev–Trinajstić information content (AvgIpc) is 3.22.